The summed E-state index contributed by atoms with van der Waals surface area (Å²) in [7, 11) is 0. The number of allylic oxidation sites excluding steroid dienone is 7. The van der Waals surface area contributed by atoms with E-state index in [9.17, 15) is 0 Å². The van der Waals surface area contributed by atoms with E-state index in [-0.39, 0.29) is 32.5 Å². The monoisotopic (exact) mass is 667 g/mol. The molecule has 2 unspecified atom stereocenters. The highest BCUT2D eigenvalue weighted by molar-refractivity contribution is 5.68. The highest BCUT2D eigenvalue weighted by Crippen LogP contribution is 2.81. The summed E-state index contributed by atoms with van der Waals surface area (Å²) < 4.78 is 0. The first kappa shape index (κ1) is 40.0. The average Bonchev–Trinajstić information content (AvgIpc) is 3.75. The van der Waals surface area contributed by atoms with Gasteiger partial charge in [0, 0.05) is 0 Å². The van der Waals surface area contributed by atoms with Gasteiger partial charge in [-0.1, -0.05) is 167 Å². The highest BCUT2D eigenvalue weighted by atomic mass is 14.8. The van der Waals surface area contributed by atoms with Crippen LogP contribution in [0, 0.1) is 81.8 Å². The lowest BCUT2D eigenvalue weighted by molar-refractivity contribution is -0.272. The van der Waals surface area contributed by atoms with Gasteiger partial charge in [0.2, 0.25) is 0 Å². The minimum atomic E-state index is 0.258. The number of hydrogen-bond donors (Lipinski definition) is 0. The Hall–Kier alpha value is -1.82. The largest absolute Gasteiger partial charge is 0.0874 e. The van der Waals surface area contributed by atoms with E-state index in [1.807, 2.05) is 0 Å². The number of rotatable bonds is 0. The lowest BCUT2D eigenvalue weighted by Gasteiger charge is -2.76. The van der Waals surface area contributed by atoms with Gasteiger partial charge < -0.3 is 0 Å². The summed E-state index contributed by atoms with van der Waals surface area (Å²) in [4.78, 5) is 0. The predicted molar refractivity (Wildman–Crippen MR) is 219 cm³/mol. The van der Waals surface area contributed by atoms with E-state index in [0.717, 1.165) is 12.8 Å². The van der Waals surface area contributed by atoms with Gasteiger partial charge in [-0.05, 0) is 140 Å². The van der Waals surface area contributed by atoms with Gasteiger partial charge in [0.25, 0.3) is 0 Å². The molecule has 5 aliphatic rings. The molecular weight excluding hydrogens is 589 g/mol. The molecule has 5 aliphatic carbocycles. The van der Waals surface area contributed by atoms with Gasteiger partial charge in [-0.2, -0.15) is 0 Å². The fourth-order valence-corrected chi connectivity index (χ4v) is 11.8. The van der Waals surface area contributed by atoms with Crippen LogP contribution in [-0.4, -0.2) is 0 Å². The van der Waals surface area contributed by atoms with Crippen molar-refractivity contribution < 1.29 is 0 Å². The summed E-state index contributed by atoms with van der Waals surface area (Å²) in [6.07, 6.45) is 17.8. The van der Waals surface area contributed by atoms with E-state index in [1.165, 1.54) is 34.2 Å². The Bertz CT molecular complexity index is 1630. The van der Waals surface area contributed by atoms with Crippen molar-refractivity contribution >= 4 is 6.08 Å². The molecule has 0 radical (unpaired) electrons. The smallest absolute Gasteiger partial charge is 0.00281 e. The number of benzene rings is 1. The van der Waals surface area contributed by atoms with Gasteiger partial charge >= 0.3 is 0 Å². The Morgan fingerprint density at radius 3 is 1.45 bits per heavy atom. The molecule has 1 saturated carbocycles. The van der Waals surface area contributed by atoms with Gasteiger partial charge in [-0.25, -0.2) is 0 Å². The molecule has 274 valence electrons. The van der Waals surface area contributed by atoms with E-state index in [2.05, 4.69) is 189 Å². The van der Waals surface area contributed by atoms with Crippen molar-refractivity contribution in [2.75, 3.05) is 0 Å². The van der Waals surface area contributed by atoms with Crippen LogP contribution in [0.5, 0.6) is 0 Å². The Balaban J connectivity index is 0.000000168. The van der Waals surface area contributed by atoms with Crippen molar-refractivity contribution in [3.8, 4) is 0 Å². The third-order valence-electron chi connectivity index (χ3n) is 20.0. The third kappa shape index (κ3) is 4.65. The SMILES string of the molecule is CC1(C)C(C)(C)C(C)(C)C2(C)CC=CC2(C)C1(C)C.CC1(C)C2=C(CC=C2)C(C)(C)C(C)(C)C1(C)C.Cc1c(C)c(C)c2c(c1C)C=CC2. The van der Waals surface area contributed by atoms with Crippen LogP contribution in [0.15, 0.2) is 41.5 Å². The minimum Gasteiger partial charge on any atom is -0.0874 e. The van der Waals surface area contributed by atoms with Crippen molar-refractivity contribution in [2.45, 2.75) is 172 Å². The van der Waals surface area contributed by atoms with Crippen LogP contribution in [0.4, 0.5) is 0 Å². The minimum absolute atomic E-state index is 0.258. The van der Waals surface area contributed by atoms with E-state index in [1.54, 1.807) is 16.7 Å². The summed E-state index contributed by atoms with van der Waals surface area (Å²) in [6, 6.07) is 0. The first-order valence-electron chi connectivity index (χ1n) is 19.7. The maximum absolute atomic E-state index is 2.53. The van der Waals surface area contributed by atoms with Crippen LogP contribution in [0.3, 0.4) is 0 Å². The van der Waals surface area contributed by atoms with E-state index in [0.29, 0.717) is 21.7 Å². The van der Waals surface area contributed by atoms with Crippen LogP contribution in [-0.2, 0) is 6.42 Å². The van der Waals surface area contributed by atoms with E-state index >= 15 is 0 Å². The molecule has 1 aromatic rings. The molecule has 0 heteroatoms. The average molecular weight is 667 g/mol. The van der Waals surface area contributed by atoms with Crippen molar-refractivity contribution in [1.29, 1.82) is 0 Å². The lowest BCUT2D eigenvalue weighted by Crippen LogP contribution is -2.70. The van der Waals surface area contributed by atoms with E-state index < -0.39 is 0 Å². The quantitative estimate of drug-likeness (QED) is 0.242. The molecule has 1 fully saturated rings. The van der Waals surface area contributed by atoms with Gasteiger partial charge in [0.05, 0.1) is 0 Å². The first-order valence-corrected chi connectivity index (χ1v) is 19.7. The van der Waals surface area contributed by atoms with Crippen molar-refractivity contribution in [3.05, 3.63) is 74.9 Å². The van der Waals surface area contributed by atoms with Gasteiger partial charge in [0.1, 0.15) is 0 Å². The summed E-state index contributed by atoms with van der Waals surface area (Å²) in [5, 5.41) is 0. The molecule has 2 atom stereocenters. The molecule has 0 N–H and O–H groups in total. The second kappa shape index (κ2) is 11.3. The van der Waals surface area contributed by atoms with Crippen LogP contribution >= 0.6 is 0 Å². The molecule has 49 heavy (non-hydrogen) atoms. The van der Waals surface area contributed by atoms with Gasteiger partial charge in [0.15, 0.2) is 0 Å². The van der Waals surface area contributed by atoms with Crippen LogP contribution in [0.2, 0.25) is 0 Å². The molecule has 0 amide bonds. The van der Waals surface area contributed by atoms with Crippen molar-refractivity contribution in [2.24, 2.45) is 54.1 Å². The van der Waals surface area contributed by atoms with Crippen LogP contribution in [0.1, 0.15) is 171 Å². The number of hydrogen-bond acceptors (Lipinski definition) is 0. The molecule has 0 aromatic heterocycles. The Morgan fingerprint density at radius 2 is 0.898 bits per heavy atom. The van der Waals surface area contributed by atoms with Crippen LogP contribution < -0.4 is 0 Å². The molecule has 0 nitrogen and oxygen atoms in total. The summed E-state index contributed by atoms with van der Waals surface area (Å²) in [5.41, 5.74) is 15.1. The Kier molecular flexibility index (Phi) is 9.25. The van der Waals surface area contributed by atoms with Crippen molar-refractivity contribution in [3.63, 3.8) is 0 Å². The Morgan fingerprint density at radius 1 is 0.429 bits per heavy atom. The molecule has 0 heterocycles. The molecule has 0 saturated heterocycles. The zero-order valence-corrected chi connectivity index (χ0v) is 36.6. The number of fused-ring (bicyclic) bond motifs is 2. The van der Waals surface area contributed by atoms with E-state index in [4.69, 9.17) is 0 Å². The third-order valence-corrected chi connectivity index (χ3v) is 20.0. The van der Waals surface area contributed by atoms with Crippen molar-refractivity contribution in [1.82, 2.24) is 0 Å². The fraction of sp³-hybridized carbons (Fsp3) is 0.714. The molecule has 0 bridgehead atoms. The second-order valence-corrected chi connectivity index (χ2v) is 21.6. The summed E-state index contributed by atoms with van der Waals surface area (Å²) in [6.45, 7) is 53.5. The van der Waals surface area contributed by atoms with Crippen LogP contribution in [0.25, 0.3) is 6.08 Å². The standard InChI is InChI=1S/C19H34.C17H28.C13H16/c1-14(2)15(3,4)17(7,8)19(10)13-11-12-18(19,9)16(14,5)6;1-14(2)12-10-9-11-13(12)15(3,4)17(7,8)16(14,5)6;1-8-9(2)11(4)13-7-5-6-12(13)10(8)3/h11-12H,13H2,1-10H3;9-10H,11H2,1-8H3;5-6H,7H2,1-4H3. The molecule has 0 aliphatic heterocycles. The molecule has 1 aromatic carbocycles. The topological polar surface area (TPSA) is 0 Å². The second-order valence-electron chi connectivity index (χ2n) is 21.6. The lowest BCUT2D eigenvalue weighted by atomic mass is 9.28. The zero-order chi connectivity index (χ0) is 38.0. The predicted octanol–water partition coefficient (Wildman–Crippen LogP) is 14.9. The summed E-state index contributed by atoms with van der Waals surface area (Å²) >= 11 is 0. The van der Waals surface area contributed by atoms with Gasteiger partial charge in [-0.15, -0.1) is 0 Å². The molecule has 0 spiro atoms. The first-order chi connectivity index (χ1) is 21.8. The normalized spacial score (nSPS) is 32.0. The maximum atomic E-state index is 2.53. The Labute approximate surface area is 305 Å². The van der Waals surface area contributed by atoms with Gasteiger partial charge in [-0.3, -0.25) is 0 Å². The maximum Gasteiger partial charge on any atom is -0.00281 e. The molecule has 6 rings (SSSR count). The molecular formula is C49H78. The highest BCUT2D eigenvalue weighted by Gasteiger charge is 2.74. The summed E-state index contributed by atoms with van der Waals surface area (Å²) in [5.74, 6) is 0. The fourth-order valence-electron chi connectivity index (χ4n) is 11.8. The zero-order valence-electron chi connectivity index (χ0n) is 36.6.